The average Bonchev–Trinajstić information content (AvgIpc) is 3.44. The zero-order valence-corrected chi connectivity index (χ0v) is 19.7. The number of benzene rings is 1. The Morgan fingerprint density at radius 2 is 2.12 bits per heavy atom. The summed E-state index contributed by atoms with van der Waals surface area (Å²) < 4.78 is 24.8. The summed E-state index contributed by atoms with van der Waals surface area (Å²) in [5.41, 5.74) is 5.87. The van der Waals surface area contributed by atoms with E-state index in [4.69, 9.17) is 9.88 Å². The fourth-order valence-electron chi connectivity index (χ4n) is 5.74. The number of urea groups is 1. The number of nitrogens with two attached hydrogens (primary N) is 1. The Morgan fingerprint density at radius 3 is 2.91 bits per heavy atom. The molecule has 0 saturated carbocycles. The summed E-state index contributed by atoms with van der Waals surface area (Å²) in [4.78, 5) is 15.5. The van der Waals surface area contributed by atoms with Gasteiger partial charge in [-0.2, -0.15) is 5.10 Å². The quantitative estimate of drug-likeness (QED) is 0.716. The number of ether oxygens (including phenoxy) is 1. The monoisotopic (exact) mass is 470 g/mol. The molecule has 3 heterocycles. The third-order valence-electron chi connectivity index (χ3n) is 7.59. The van der Waals surface area contributed by atoms with Crippen molar-refractivity contribution in [1.82, 2.24) is 14.7 Å². The third-order valence-corrected chi connectivity index (χ3v) is 8.94. The number of hydrogen-bond donors (Lipinski definition) is 2. The van der Waals surface area contributed by atoms with Crippen LogP contribution in [-0.2, 0) is 35.7 Å². The summed E-state index contributed by atoms with van der Waals surface area (Å²) in [6, 6.07) is 1.87. The molecule has 3 atom stereocenters. The second-order valence-corrected chi connectivity index (χ2v) is 11.5. The van der Waals surface area contributed by atoms with Crippen molar-refractivity contribution in [3.05, 3.63) is 34.5 Å². The molecule has 176 valence electrons. The largest absolute Gasteiger partial charge is 0.475 e. The minimum atomic E-state index is -3.51. The van der Waals surface area contributed by atoms with Crippen LogP contribution in [0.15, 0.2) is 21.5 Å². The molecule has 1 saturated heterocycles. The minimum absolute atomic E-state index is 0.177. The molecule has 0 radical (unpaired) electrons. The molecule has 4 aliphatic rings. The summed E-state index contributed by atoms with van der Waals surface area (Å²) in [5, 5.41) is 13.4. The number of carbonyl (C=O) groups is 1. The van der Waals surface area contributed by atoms with E-state index in [1.54, 1.807) is 4.68 Å². The van der Waals surface area contributed by atoms with Crippen molar-refractivity contribution < 1.29 is 13.7 Å². The Kier molecular flexibility index (Phi) is 5.00. The Hall–Kier alpha value is -2.43. The van der Waals surface area contributed by atoms with Gasteiger partial charge < -0.3 is 10.1 Å². The van der Waals surface area contributed by atoms with Crippen molar-refractivity contribution >= 4 is 21.6 Å². The number of fused-ring (bicyclic) bond motifs is 3. The molecular weight excluding hydrogens is 440 g/mol. The van der Waals surface area contributed by atoms with Crippen LogP contribution >= 0.6 is 0 Å². The molecule has 1 fully saturated rings. The van der Waals surface area contributed by atoms with E-state index in [1.165, 1.54) is 34.9 Å². The van der Waals surface area contributed by atoms with Gasteiger partial charge in [-0.05, 0) is 79.8 Å². The maximum atomic E-state index is 13.3. The smallest absolute Gasteiger partial charge is 0.354 e. The minimum Gasteiger partial charge on any atom is -0.475 e. The molecule has 2 unspecified atom stereocenters. The maximum Gasteiger partial charge on any atom is 0.354 e. The van der Waals surface area contributed by atoms with Crippen LogP contribution in [-0.4, -0.2) is 50.7 Å². The van der Waals surface area contributed by atoms with Gasteiger partial charge in [0.1, 0.15) is 11.5 Å². The van der Waals surface area contributed by atoms with Gasteiger partial charge >= 0.3 is 6.03 Å². The van der Waals surface area contributed by atoms with Crippen molar-refractivity contribution in [2.45, 2.75) is 68.8 Å². The predicted molar refractivity (Wildman–Crippen MR) is 125 cm³/mol. The van der Waals surface area contributed by atoms with E-state index >= 15 is 0 Å². The second kappa shape index (κ2) is 7.82. The van der Waals surface area contributed by atoms with Gasteiger partial charge in [0.05, 0.1) is 18.8 Å². The molecule has 10 heteroatoms. The number of hydrogen-bond acceptors (Lipinski definition) is 5. The predicted octanol–water partition coefficient (Wildman–Crippen LogP) is 2.82. The number of likely N-dealkylation sites (tertiary alicyclic amines) is 1. The first kappa shape index (κ1) is 21.1. The Bertz CT molecular complexity index is 1260. The summed E-state index contributed by atoms with van der Waals surface area (Å²) in [6.45, 7) is 5.45. The van der Waals surface area contributed by atoms with Crippen LogP contribution in [0.3, 0.4) is 0 Å². The van der Waals surface area contributed by atoms with Crippen molar-refractivity contribution in [3.63, 3.8) is 0 Å². The highest BCUT2D eigenvalue weighted by molar-refractivity contribution is 7.91. The first-order valence-electron chi connectivity index (χ1n) is 11.9. The summed E-state index contributed by atoms with van der Waals surface area (Å²) in [7, 11) is -3.51. The third kappa shape index (κ3) is 3.55. The Morgan fingerprint density at radius 1 is 1.27 bits per heavy atom. The number of carbonyl (C=O) groups excluding carboxylic acids is 1. The highest BCUT2D eigenvalue weighted by atomic mass is 32.2. The van der Waals surface area contributed by atoms with E-state index < -0.39 is 15.9 Å². The zero-order valence-electron chi connectivity index (χ0n) is 18.9. The molecule has 6 rings (SSSR count). The van der Waals surface area contributed by atoms with Crippen LogP contribution < -0.4 is 15.2 Å². The lowest BCUT2D eigenvalue weighted by atomic mass is 9.95. The van der Waals surface area contributed by atoms with Crippen molar-refractivity contribution in [2.24, 2.45) is 9.50 Å². The molecule has 1 aromatic heterocycles. The molecule has 3 N–H and O–H groups in total. The van der Waals surface area contributed by atoms with E-state index in [-0.39, 0.29) is 10.9 Å². The van der Waals surface area contributed by atoms with Gasteiger partial charge in [-0.25, -0.2) is 18.8 Å². The highest BCUT2D eigenvalue weighted by Gasteiger charge is 2.33. The van der Waals surface area contributed by atoms with Crippen LogP contribution in [0.5, 0.6) is 5.88 Å². The van der Waals surface area contributed by atoms with Gasteiger partial charge in [-0.15, -0.1) is 4.36 Å². The van der Waals surface area contributed by atoms with Crippen molar-refractivity contribution in [1.29, 1.82) is 0 Å². The van der Waals surface area contributed by atoms with Gasteiger partial charge in [0.15, 0.2) is 9.92 Å². The van der Waals surface area contributed by atoms with Crippen LogP contribution in [0.2, 0.25) is 0 Å². The molecule has 2 aromatic rings. The number of amides is 2. The number of nitrogens with zero attached hydrogens (tertiary/aromatic N) is 4. The summed E-state index contributed by atoms with van der Waals surface area (Å²) in [6.07, 6.45) is 7.77. The Labute approximate surface area is 194 Å². The van der Waals surface area contributed by atoms with Crippen molar-refractivity contribution in [3.8, 4) is 5.88 Å². The molecule has 0 bridgehead atoms. The molecule has 9 nitrogen and oxygen atoms in total. The van der Waals surface area contributed by atoms with Gasteiger partial charge in [0, 0.05) is 5.69 Å². The normalized spacial score (nSPS) is 25.3. The van der Waals surface area contributed by atoms with Crippen LogP contribution in [0.25, 0.3) is 0 Å². The maximum absolute atomic E-state index is 13.3. The summed E-state index contributed by atoms with van der Waals surface area (Å²) in [5.74, 6) is 0.727. The number of nitrogens with one attached hydrogen (secondary N) is 1. The molecule has 2 aliphatic heterocycles. The van der Waals surface area contributed by atoms with Crippen molar-refractivity contribution in [2.75, 3.05) is 25.0 Å². The van der Waals surface area contributed by atoms with E-state index in [2.05, 4.69) is 32.7 Å². The fraction of sp³-hybridized carbons (Fsp3) is 0.565. The average molecular weight is 471 g/mol. The van der Waals surface area contributed by atoms with E-state index in [0.29, 0.717) is 24.9 Å². The molecule has 2 amide bonds. The first-order valence-corrected chi connectivity index (χ1v) is 13.4. The number of aromatic nitrogens is 2. The lowest BCUT2D eigenvalue weighted by Crippen LogP contribution is -2.51. The van der Waals surface area contributed by atoms with Gasteiger partial charge in [-0.1, -0.05) is 13.0 Å². The molecule has 33 heavy (non-hydrogen) atoms. The fourth-order valence-corrected chi connectivity index (χ4v) is 6.74. The summed E-state index contributed by atoms with van der Waals surface area (Å²) >= 11 is 0. The first-order chi connectivity index (χ1) is 15.9. The second-order valence-electron chi connectivity index (χ2n) is 9.70. The van der Waals surface area contributed by atoms with E-state index in [0.717, 1.165) is 50.9 Å². The molecule has 1 aromatic carbocycles. The number of aryl methyl sites for hydroxylation is 2. The number of rotatable bonds is 3. The highest BCUT2D eigenvalue weighted by Crippen LogP contribution is 2.44. The topological polar surface area (TPSA) is 115 Å². The van der Waals surface area contributed by atoms with E-state index in [1.807, 2.05) is 0 Å². The molecule has 0 spiro atoms. The SMILES string of the molecule is CC1CCc2cc3c(c(NC(=O)N=S(N)(=O)c4cnn5c4OC[C@@H](N4CCC4)C5)c21)CCC3. The van der Waals surface area contributed by atoms with Gasteiger partial charge in [-0.3, -0.25) is 4.90 Å². The van der Waals surface area contributed by atoms with Crippen LogP contribution in [0.1, 0.15) is 54.4 Å². The molecular formula is C23H30N6O3S. The standard InChI is InChI=1S/C23H30N6O3S/c1-14-6-7-16-10-15-4-2-5-18(15)21(20(14)16)26-23(30)27-33(24,31)19-11-25-29-12-17(13-32-22(19)29)28-8-3-9-28/h10-11,14,17H,2-9,12-13H2,1H3,(H3,24,26,27,30,31)/t14?,17-,33?/m0/s1. The lowest BCUT2D eigenvalue weighted by Gasteiger charge is -2.40. The molecule has 2 aliphatic carbocycles. The lowest BCUT2D eigenvalue weighted by molar-refractivity contribution is 0.0417. The van der Waals surface area contributed by atoms with Gasteiger partial charge in [0.2, 0.25) is 5.88 Å². The van der Waals surface area contributed by atoms with Gasteiger partial charge in [0.25, 0.3) is 0 Å². The number of anilines is 1. The van der Waals surface area contributed by atoms with E-state index in [9.17, 15) is 9.00 Å². The zero-order chi connectivity index (χ0) is 22.7. The van der Waals surface area contributed by atoms with Crippen LogP contribution in [0.4, 0.5) is 10.5 Å². The van der Waals surface area contributed by atoms with Crippen LogP contribution in [0, 0.1) is 0 Å². The Balaban J connectivity index is 1.28.